The molecule has 0 atom stereocenters. The van der Waals surface area contributed by atoms with Crippen LogP contribution in [-0.4, -0.2) is 20.4 Å². The standard InChI is InChI=1S/C18H13BrN2O4/c1-10-2-4-11(5-3-10)15(22)14-16(23)20-18(25)21(17(14)24)13-8-6-12(19)7-9-13/h2-9,24H,1H3,(H,20,23,25). The molecule has 1 aromatic heterocycles. The van der Waals surface area contributed by atoms with E-state index in [2.05, 4.69) is 20.9 Å². The van der Waals surface area contributed by atoms with Crippen molar-refractivity contribution in [3.63, 3.8) is 0 Å². The fraction of sp³-hybridized carbons (Fsp3) is 0.0556. The second-order valence-corrected chi connectivity index (χ2v) is 6.38. The topological polar surface area (TPSA) is 92.2 Å². The molecule has 0 saturated heterocycles. The number of benzene rings is 2. The number of aromatic amines is 1. The van der Waals surface area contributed by atoms with Gasteiger partial charge in [0.1, 0.15) is 5.56 Å². The van der Waals surface area contributed by atoms with Crippen LogP contribution in [0.5, 0.6) is 5.88 Å². The van der Waals surface area contributed by atoms with Crippen LogP contribution in [0.1, 0.15) is 21.5 Å². The summed E-state index contributed by atoms with van der Waals surface area (Å²) in [4.78, 5) is 39.0. The van der Waals surface area contributed by atoms with Crippen LogP contribution in [0, 0.1) is 6.92 Å². The molecule has 0 spiro atoms. The van der Waals surface area contributed by atoms with E-state index in [0.717, 1.165) is 14.6 Å². The Balaban J connectivity index is 2.21. The lowest BCUT2D eigenvalue weighted by Crippen LogP contribution is -2.33. The lowest BCUT2D eigenvalue weighted by Gasteiger charge is -2.11. The number of nitrogens with one attached hydrogen (secondary N) is 1. The molecule has 0 saturated carbocycles. The molecule has 6 nitrogen and oxygen atoms in total. The smallest absolute Gasteiger partial charge is 0.335 e. The summed E-state index contributed by atoms with van der Waals surface area (Å²) < 4.78 is 1.67. The van der Waals surface area contributed by atoms with Crippen LogP contribution in [0.2, 0.25) is 0 Å². The first-order chi connectivity index (χ1) is 11.9. The molecule has 0 unspecified atom stereocenters. The van der Waals surface area contributed by atoms with Gasteiger partial charge in [-0.15, -0.1) is 0 Å². The van der Waals surface area contributed by atoms with Gasteiger partial charge in [-0.2, -0.15) is 0 Å². The lowest BCUT2D eigenvalue weighted by atomic mass is 10.0. The van der Waals surface area contributed by atoms with Crippen molar-refractivity contribution in [2.24, 2.45) is 0 Å². The van der Waals surface area contributed by atoms with Crippen molar-refractivity contribution in [3.05, 3.63) is 90.5 Å². The van der Waals surface area contributed by atoms with E-state index in [1.54, 1.807) is 48.5 Å². The van der Waals surface area contributed by atoms with Gasteiger partial charge in [0.05, 0.1) is 5.69 Å². The van der Waals surface area contributed by atoms with Crippen LogP contribution in [0.25, 0.3) is 5.69 Å². The van der Waals surface area contributed by atoms with E-state index < -0.39 is 28.5 Å². The summed E-state index contributed by atoms with van der Waals surface area (Å²) in [5.74, 6) is -1.36. The molecule has 0 fully saturated rings. The van der Waals surface area contributed by atoms with E-state index >= 15 is 0 Å². The number of hydrogen-bond acceptors (Lipinski definition) is 4. The summed E-state index contributed by atoms with van der Waals surface area (Å²) in [7, 11) is 0. The first-order valence-corrected chi connectivity index (χ1v) is 8.13. The van der Waals surface area contributed by atoms with Crippen molar-refractivity contribution in [2.75, 3.05) is 0 Å². The molecule has 7 heteroatoms. The van der Waals surface area contributed by atoms with Gasteiger partial charge in [-0.25, -0.2) is 9.36 Å². The van der Waals surface area contributed by atoms with Gasteiger partial charge < -0.3 is 5.11 Å². The average molecular weight is 401 g/mol. The molecular formula is C18H13BrN2O4. The summed E-state index contributed by atoms with van der Waals surface area (Å²) >= 11 is 3.28. The Bertz CT molecular complexity index is 1060. The van der Waals surface area contributed by atoms with Crippen LogP contribution in [0.15, 0.2) is 62.6 Å². The maximum absolute atomic E-state index is 12.6. The summed E-state index contributed by atoms with van der Waals surface area (Å²) in [6.45, 7) is 1.87. The Hall–Kier alpha value is -2.93. The van der Waals surface area contributed by atoms with Gasteiger partial charge in [0.15, 0.2) is 0 Å². The van der Waals surface area contributed by atoms with Gasteiger partial charge in [-0.3, -0.25) is 14.6 Å². The van der Waals surface area contributed by atoms with Gasteiger partial charge >= 0.3 is 5.69 Å². The van der Waals surface area contributed by atoms with Crippen molar-refractivity contribution in [3.8, 4) is 11.6 Å². The number of hydrogen-bond donors (Lipinski definition) is 2. The Labute approximate surface area is 150 Å². The maximum Gasteiger partial charge on any atom is 0.335 e. The third-order valence-corrected chi connectivity index (χ3v) is 4.24. The predicted molar refractivity (Wildman–Crippen MR) is 96.6 cm³/mol. The largest absolute Gasteiger partial charge is 0.493 e. The molecule has 2 N–H and O–H groups in total. The van der Waals surface area contributed by atoms with Crippen molar-refractivity contribution >= 4 is 21.7 Å². The monoisotopic (exact) mass is 400 g/mol. The number of carbonyl (C=O) groups excluding carboxylic acids is 1. The van der Waals surface area contributed by atoms with Crippen molar-refractivity contribution < 1.29 is 9.90 Å². The molecule has 0 bridgehead atoms. The fourth-order valence-electron chi connectivity index (χ4n) is 2.41. The molecule has 25 heavy (non-hydrogen) atoms. The Morgan fingerprint density at radius 2 is 1.64 bits per heavy atom. The molecular weight excluding hydrogens is 388 g/mol. The summed E-state index contributed by atoms with van der Waals surface area (Å²) in [5, 5.41) is 10.5. The third-order valence-electron chi connectivity index (χ3n) is 3.71. The molecule has 0 radical (unpaired) electrons. The molecule has 2 aromatic carbocycles. The molecule has 1 heterocycles. The summed E-state index contributed by atoms with van der Waals surface area (Å²) in [6.07, 6.45) is 0. The maximum atomic E-state index is 12.6. The highest BCUT2D eigenvalue weighted by Gasteiger charge is 2.22. The number of aromatic nitrogens is 2. The lowest BCUT2D eigenvalue weighted by molar-refractivity contribution is 0.103. The van der Waals surface area contributed by atoms with Crippen molar-refractivity contribution in [2.45, 2.75) is 6.92 Å². The predicted octanol–water partition coefficient (Wildman–Crippen LogP) is 2.53. The van der Waals surface area contributed by atoms with Crippen molar-refractivity contribution in [1.82, 2.24) is 9.55 Å². The SMILES string of the molecule is Cc1ccc(C(=O)c2c(O)n(-c3ccc(Br)cc3)c(=O)[nH]c2=O)cc1. The van der Waals surface area contributed by atoms with Crippen LogP contribution in [0.3, 0.4) is 0 Å². The zero-order valence-electron chi connectivity index (χ0n) is 13.1. The highest BCUT2D eigenvalue weighted by atomic mass is 79.9. The highest BCUT2D eigenvalue weighted by Crippen LogP contribution is 2.21. The van der Waals surface area contributed by atoms with Gasteiger partial charge in [0, 0.05) is 10.0 Å². The minimum Gasteiger partial charge on any atom is -0.493 e. The molecule has 0 aliphatic carbocycles. The van der Waals surface area contributed by atoms with E-state index in [0.29, 0.717) is 5.69 Å². The molecule has 0 aliphatic rings. The van der Waals surface area contributed by atoms with Gasteiger partial charge in [0.25, 0.3) is 5.56 Å². The normalized spacial score (nSPS) is 10.6. The number of ketones is 1. The quantitative estimate of drug-likeness (QED) is 0.660. The number of aryl methyl sites for hydroxylation is 1. The Kier molecular flexibility index (Phi) is 4.41. The minimum absolute atomic E-state index is 0.243. The number of nitrogens with zero attached hydrogens (tertiary/aromatic N) is 1. The number of H-pyrrole nitrogens is 1. The highest BCUT2D eigenvalue weighted by molar-refractivity contribution is 9.10. The fourth-order valence-corrected chi connectivity index (χ4v) is 2.67. The number of rotatable bonds is 3. The first-order valence-electron chi connectivity index (χ1n) is 7.34. The molecule has 126 valence electrons. The van der Waals surface area contributed by atoms with Gasteiger partial charge in [-0.05, 0) is 31.2 Å². The number of carbonyl (C=O) groups is 1. The molecule has 0 aliphatic heterocycles. The number of aromatic hydroxyl groups is 1. The zero-order valence-corrected chi connectivity index (χ0v) is 14.7. The van der Waals surface area contributed by atoms with Crippen LogP contribution < -0.4 is 11.2 Å². The number of halogens is 1. The van der Waals surface area contributed by atoms with Gasteiger partial charge in [-0.1, -0.05) is 45.8 Å². The first kappa shape index (κ1) is 16.9. The molecule has 0 amide bonds. The Morgan fingerprint density at radius 1 is 1.04 bits per heavy atom. The second-order valence-electron chi connectivity index (χ2n) is 5.46. The Morgan fingerprint density at radius 3 is 2.24 bits per heavy atom. The van der Waals surface area contributed by atoms with Crippen LogP contribution in [-0.2, 0) is 0 Å². The van der Waals surface area contributed by atoms with E-state index in [1.807, 2.05) is 6.92 Å². The van der Waals surface area contributed by atoms with Crippen LogP contribution >= 0.6 is 15.9 Å². The molecule has 3 aromatic rings. The average Bonchev–Trinajstić information content (AvgIpc) is 2.56. The van der Waals surface area contributed by atoms with E-state index in [4.69, 9.17) is 0 Å². The van der Waals surface area contributed by atoms with Crippen molar-refractivity contribution in [1.29, 1.82) is 0 Å². The zero-order chi connectivity index (χ0) is 18.1. The van der Waals surface area contributed by atoms with E-state index in [-0.39, 0.29) is 5.56 Å². The summed E-state index contributed by atoms with van der Waals surface area (Å²) in [5.41, 5.74) is -0.722. The summed E-state index contributed by atoms with van der Waals surface area (Å²) in [6, 6.07) is 13.1. The van der Waals surface area contributed by atoms with E-state index in [1.165, 1.54) is 0 Å². The minimum atomic E-state index is -0.929. The third kappa shape index (κ3) is 3.18. The van der Waals surface area contributed by atoms with Gasteiger partial charge in [0.2, 0.25) is 11.7 Å². The molecule has 3 rings (SSSR count). The van der Waals surface area contributed by atoms with Crippen LogP contribution in [0.4, 0.5) is 0 Å². The second kappa shape index (κ2) is 6.52. The van der Waals surface area contributed by atoms with E-state index in [9.17, 15) is 19.5 Å².